The Morgan fingerprint density at radius 3 is 2.97 bits per heavy atom. The van der Waals surface area contributed by atoms with Crippen molar-refractivity contribution in [3.8, 4) is 11.3 Å². The number of pyridine rings is 1. The summed E-state index contributed by atoms with van der Waals surface area (Å²) in [5.74, 6) is 1.36. The minimum atomic E-state index is -0.191. The van der Waals surface area contributed by atoms with E-state index in [1.54, 1.807) is 4.68 Å². The Labute approximate surface area is 207 Å². The highest BCUT2D eigenvalue weighted by atomic mass is 16.1. The fraction of sp³-hybridized carbons (Fsp3) is 0.333. The van der Waals surface area contributed by atoms with E-state index in [0.717, 1.165) is 53.3 Å². The summed E-state index contributed by atoms with van der Waals surface area (Å²) in [5, 5.41) is 26.8. The van der Waals surface area contributed by atoms with Crippen LogP contribution in [0.4, 0.5) is 17.5 Å². The second-order valence-corrected chi connectivity index (χ2v) is 9.25. The van der Waals surface area contributed by atoms with Crippen LogP contribution in [0.1, 0.15) is 13.8 Å². The molecule has 3 N–H and O–H groups in total. The van der Waals surface area contributed by atoms with E-state index < -0.39 is 0 Å². The summed E-state index contributed by atoms with van der Waals surface area (Å²) in [4.78, 5) is 21.9. The van der Waals surface area contributed by atoms with E-state index in [0.29, 0.717) is 29.8 Å². The van der Waals surface area contributed by atoms with E-state index >= 15 is 0 Å². The van der Waals surface area contributed by atoms with Crippen molar-refractivity contribution in [2.24, 2.45) is 0 Å². The maximum absolute atomic E-state index is 13.2. The number of benzene rings is 1. The zero-order valence-electron chi connectivity index (χ0n) is 20.4. The number of fused-ring (bicyclic) bond motifs is 2. The molecule has 1 atom stereocenters. The van der Waals surface area contributed by atoms with Crippen molar-refractivity contribution in [3.63, 3.8) is 0 Å². The van der Waals surface area contributed by atoms with E-state index in [1.807, 2.05) is 49.3 Å². The lowest BCUT2D eigenvalue weighted by atomic mass is 10.1. The van der Waals surface area contributed by atoms with Crippen LogP contribution in [-0.4, -0.2) is 74.0 Å². The highest BCUT2D eigenvalue weighted by molar-refractivity contribution is 6.06. The Bertz CT molecular complexity index is 1490. The fourth-order valence-electron chi connectivity index (χ4n) is 4.79. The minimum absolute atomic E-state index is 0.191. The number of aromatic nitrogens is 7. The molecule has 0 bridgehead atoms. The van der Waals surface area contributed by atoms with Gasteiger partial charge in [0, 0.05) is 61.3 Å². The Balaban J connectivity index is 1.28. The van der Waals surface area contributed by atoms with Crippen molar-refractivity contribution in [2.75, 3.05) is 41.8 Å². The molecule has 1 aromatic carbocycles. The average Bonchev–Trinajstić information content (AvgIpc) is 3.53. The number of allylic oxidation sites excluding steroid dienone is 1. The number of rotatable bonds is 4. The first-order chi connectivity index (χ1) is 17.5. The number of anilines is 3. The van der Waals surface area contributed by atoms with Crippen LogP contribution in [0.5, 0.6) is 0 Å². The van der Waals surface area contributed by atoms with Gasteiger partial charge in [-0.05, 0) is 54.6 Å². The van der Waals surface area contributed by atoms with E-state index in [4.69, 9.17) is 0 Å². The maximum Gasteiger partial charge on any atom is 0.255 e. The Morgan fingerprint density at radius 1 is 1.22 bits per heavy atom. The summed E-state index contributed by atoms with van der Waals surface area (Å²) in [6.07, 6.45) is 1.82. The van der Waals surface area contributed by atoms with Gasteiger partial charge in [0.1, 0.15) is 11.5 Å². The summed E-state index contributed by atoms with van der Waals surface area (Å²) >= 11 is 0. The molecule has 2 aliphatic heterocycles. The number of amides is 1. The van der Waals surface area contributed by atoms with Gasteiger partial charge in [-0.3, -0.25) is 9.89 Å². The van der Waals surface area contributed by atoms with Crippen molar-refractivity contribution >= 4 is 34.3 Å². The number of carbonyl (C=O) groups excluding carboxylic acids is 1. The van der Waals surface area contributed by atoms with Crippen LogP contribution in [-0.2, 0) is 11.3 Å². The third kappa shape index (κ3) is 3.85. The molecule has 6 rings (SSSR count). The number of hydrogen-bond acceptors (Lipinski definition) is 9. The number of nitrogens with one attached hydrogen (secondary N) is 3. The van der Waals surface area contributed by atoms with Gasteiger partial charge in [-0.2, -0.15) is 5.10 Å². The van der Waals surface area contributed by atoms with Crippen LogP contribution < -0.4 is 20.4 Å². The minimum Gasteiger partial charge on any atom is -0.354 e. The summed E-state index contributed by atoms with van der Waals surface area (Å²) in [6, 6.07) is 10.2. The monoisotopic (exact) mass is 485 g/mol. The maximum atomic E-state index is 13.2. The summed E-state index contributed by atoms with van der Waals surface area (Å²) < 4.78 is 1.61. The van der Waals surface area contributed by atoms with Crippen LogP contribution in [0.3, 0.4) is 0 Å². The first-order valence-electron chi connectivity index (χ1n) is 11.9. The van der Waals surface area contributed by atoms with Gasteiger partial charge in [0.25, 0.3) is 5.91 Å². The molecule has 1 saturated heterocycles. The molecule has 3 aromatic heterocycles. The van der Waals surface area contributed by atoms with Crippen LogP contribution in [0, 0.1) is 0 Å². The van der Waals surface area contributed by atoms with Gasteiger partial charge in [0.05, 0.1) is 17.6 Å². The molecule has 0 spiro atoms. The molecular weight excluding hydrogens is 458 g/mol. The predicted molar refractivity (Wildman–Crippen MR) is 137 cm³/mol. The second-order valence-electron chi connectivity index (χ2n) is 9.25. The molecule has 4 aromatic rings. The Kier molecular flexibility index (Phi) is 5.37. The SMILES string of the molecule is CC1=C(C(=O)Nc2ccc3[nH]nc(-c4ccnc(N5CCN[C@@H](C)C5)c4)c3c2)Cn2nnnc2N1C. The van der Waals surface area contributed by atoms with Crippen LogP contribution in [0.25, 0.3) is 22.2 Å². The molecule has 1 fully saturated rings. The number of aromatic amines is 1. The standard InChI is InChI=1S/C24H27N11O/c1-14-12-34(9-8-25-14)21-10-16(6-7-26-21)22-18-11-17(4-5-20(18)28-29-22)27-23(36)19-13-35-24(30-31-32-35)33(3)15(19)2/h4-7,10-11,14,25H,8-9,12-13H2,1-3H3,(H,27,36)(H,28,29)/t14-/m0/s1. The second kappa shape index (κ2) is 8.72. The lowest BCUT2D eigenvalue weighted by Crippen LogP contribution is -2.49. The van der Waals surface area contributed by atoms with E-state index in [2.05, 4.69) is 59.2 Å². The number of tetrazole rings is 1. The third-order valence-corrected chi connectivity index (χ3v) is 6.87. The van der Waals surface area contributed by atoms with Gasteiger partial charge in [0.15, 0.2) is 0 Å². The first-order valence-corrected chi connectivity index (χ1v) is 11.9. The molecule has 36 heavy (non-hydrogen) atoms. The van der Waals surface area contributed by atoms with E-state index in [-0.39, 0.29) is 5.91 Å². The van der Waals surface area contributed by atoms with Gasteiger partial charge in [0.2, 0.25) is 5.95 Å². The highest BCUT2D eigenvalue weighted by Crippen LogP contribution is 2.31. The molecule has 12 nitrogen and oxygen atoms in total. The zero-order chi connectivity index (χ0) is 24.8. The van der Waals surface area contributed by atoms with Gasteiger partial charge in [-0.15, -0.1) is 0 Å². The normalized spacial score (nSPS) is 18.0. The zero-order valence-corrected chi connectivity index (χ0v) is 20.4. The van der Waals surface area contributed by atoms with Crippen molar-refractivity contribution in [2.45, 2.75) is 26.4 Å². The number of H-pyrrole nitrogens is 1. The summed E-state index contributed by atoms with van der Waals surface area (Å²) in [5.41, 5.74) is 4.79. The summed E-state index contributed by atoms with van der Waals surface area (Å²) in [6.45, 7) is 7.14. The van der Waals surface area contributed by atoms with Crippen LogP contribution in [0.15, 0.2) is 47.8 Å². The van der Waals surface area contributed by atoms with Crippen molar-refractivity contribution in [1.29, 1.82) is 0 Å². The lowest BCUT2D eigenvalue weighted by molar-refractivity contribution is -0.113. The van der Waals surface area contributed by atoms with Crippen LogP contribution >= 0.6 is 0 Å². The summed E-state index contributed by atoms with van der Waals surface area (Å²) in [7, 11) is 1.85. The van der Waals surface area contributed by atoms with Crippen molar-refractivity contribution < 1.29 is 4.79 Å². The van der Waals surface area contributed by atoms with Gasteiger partial charge < -0.3 is 20.4 Å². The molecule has 184 valence electrons. The molecular formula is C24H27N11O. The first kappa shape index (κ1) is 22.2. The third-order valence-electron chi connectivity index (χ3n) is 6.87. The predicted octanol–water partition coefficient (Wildman–Crippen LogP) is 1.77. The fourth-order valence-corrected chi connectivity index (χ4v) is 4.79. The largest absolute Gasteiger partial charge is 0.354 e. The van der Waals surface area contributed by atoms with E-state index in [1.165, 1.54) is 0 Å². The molecule has 5 heterocycles. The molecule has 2 aliphatic rings. The van der Waals surface area contributed by atoms with Crippen molar-refractivity contribution in [3.05, 3.63) is 47.8 Å². The Morgan fingerprint density at radius 2 is 2.11 bits per heavy atom. The Hall–Kier alpha value is -4.32. The average molecular weight is 486 g/mol. The molecule has 0 saturated carbocycles. The van der Waals surface area contributed by atoms with Gasteiger partial charge in [-0.1, -0.05) is 5.10 Å². The number of piperazine rings is 1. The smallest absolute Gasteiger partial charge is 0.255 e. The van der Waals surface area contributed by atoms with Gasteiger partial charge in [-0.25, -0.2) is 9.67 Å². The molecule has 1 amide bonds. The molecule has 0 radical (unpaired) electrons. The van der Waals surface area contributed by atoms with E-state index in [9.17, 15) is 4.79 Å². The number of hydrogen-bond donors (Lipinski definition) is 3. The molecule has 0 unspecified atom stereocenters. The highest BCUT2D eigenvalue weighted by Gasteiger charge is 2.26. The number of nitrogens with zero attached hydrogens (tertiary/aromatic N) is 8. The van der Waals surface area contributed by atoms with Crippen molar-refractivity contribution in [1.82, 2.24) is 40.7 Å². The lowest BCUT2D eigenvalue weighted by Gasteiger charge is -2.32. The molecule has 0 aliphatic carbocycles. The molecule has 12 heteroatoms. The number of carbonyl (C=O) groups is 1. The topological polar surface area (TPSA) is 133 Å². The van der Waals surface area contributed by atoms with Crippen LogP contribution in [0.2, 0.25) is 0 Å². The quantitative estimate of drug-likeness (QED) is 0.395. The van der Waals surface area contributed by atoms with Gasteiger partial charge >= 0.3 is 0 Å².